The van der Waals surface area contributed by atoms with Crippen LogP contribution < -0.4 is 10.2 Å². The number of carbonyl (C=O) groups is 3. The summed E-state index contributed by atoms with van der Waals surface area (Å²) in [5.41, 5.74) is 1.81. The van der Waals surface area contributed by atoms with E-state index in [2.05, 4.69) is 5.32 Å². The Morgan fingerprint density at radius 3 is 2.43 bits per heavy atom. The predicted octanol–water partition coefficient (Wildman–Crippen LogP) is 3.49. The van der Waals surface area contributed by atoms with Gasteiger partial charge >= 0.3 is 5.97 Å². The third kappa shape index (κ3) is 4.76. The summed E-state index contributed by atoms with van der Waals surface area (Å²) >= 11 is 0. The Kier molecular flexibility index (Phi) is 6.09. The van der Waals surface area contributed by atoms with E-state index < -0.39 is 5.92 Å². The summed E-state index contributed by atoms with van der Waals surface area (Å²) in [5, 5.41) is 2.82. The number of esters is 1. The molecule has 0 bridgehead atoms. The first-order chi connectivity index (χ1) is 13.4. The maximum Gasteiger partial charge on any atom is 0.338 e. The van der Waals surface area contributed by atoms with E-state index in [-0.39, 0.29) is 30.1 Å². The second kappa shape index (κ2) is 8.69. The van der Waals surface area contributed by atoms with Crippen molar-refractivity contribution >= 4 is 29.2 Å². The first-order valence-electron chi connectivity index (χ1n) is 9.37. The molecule has 2 amide bonds. The molecule has 1 fully saturated rings. The highest BCUT2D eigenvalue weighted by atomic mass is 16.5. The Morgan fingerprint density at radius 1 is 1.11 bits per heavy atom. The molecule has 28 heavy (non-hydrogen) atoms. The van der Waals surface area contributed by atoms with Gasteiger partial charge in [-0.2, -0.15) is 0 Å². The summed E-state index contributed by atoms with van der Waals surface area (Å²) in [6.45, 7) is 4.66. The van der Waals surface area contributed by atoms with E-state index in [1.54, 1.807) is 29.2 Å². The summed E-state index contributed by atoms with van der Waals surface area (Å²) in [5.74, 6) is -0.793. The molecule has 1 aliphatic rings. The maximum absolute atomic E-state index is 12.6. The van der Waals surface area contributed by atoms with E-state index in [0.29, 0.717) is 24.4 Å². The fourth-order valence-corrected chi connectivity index (χ4v) is 3.00. The van der Waals surface area contributed by atoms with Crippen LogP contribution in [0.4, 0.5) is 11.4 Å². The molecule has 3 rings (SSSR count). The smallest absolute Gasteiger partial charge is 0.338 e. The second-order valence-electron chi connectivity index (χ2n) is 7.30. The van der Waals surface area contributed by atoms with Gasteiger partial charge in [0.25, 0.3) is 0 Å². The molecule has 0 aromatic heterocycles. The molecule has 6 nitrogen and oxygen atoms in total. The molecule has 2 aromatic carbocycles. The topological polar surface area (TPSA) is 75.7 Å². The highest BCUT2D eigenvalue weighted by Crippen LogP contribution is 2.25. The van der Waals surface area contributed by atoms with Crippen LogP contribution in [0.1, 0.15) is 30.6 Å². The van der Waals surface area contributed by atoms with Crippen LogP contribution in [0, 0.1) is 11.8 Å². The van der Waals surface area contributed by atoms with Crippen molar-refractivity contribution in [2.45, 2.75) is 20.3 Å². The molecule has 146 valence electrons. The van der Waals surface area contributed by atoms with Crippen LogP contribution in [0.2, 0.25) is 0 Å². The lowest BCUT2D eigenvalue weighted by Gasteiger charge is -2.16. The lowest BCUT2D eigenvalue weighted by atomic mass is 10.1. The minimum absolute atomic E-state index is 0.0606. The number of anilines is 2. The zero-order valence-electron chi connectivity index (χ0n) is 16.1. The van der Waals surface area contributed by atoms with Crippen LogP contribution in [0.15, 0.2) is 54.6 Å². The van der Waals surface area contributed by atoms with Gasteiger partial charge in [-0.1, -0.05) is 32.0 Å². The van der Waals surface area contributed by atoms with Gasteiger partial charge in [0, 0.05) is 24.3 Å². The van der Waals surface area contributed by atoms with Gasteiger partial charge in [-0.05, 0) is 42.3 Å². The maximum atomic E-state index is 12.6. The normalized spacial score (nSPS) is 16.3. The molecule has 1 atom stereocenters. The van der Waals surface area contributed by atoms with Crippen LogP contribution in [-0.4, -0.2) is 30.9 Å². The van der Waals surface area contributed by atoms with E-state index in [1.807, 2.05) is 44.2 Å². The highest BCUT2D eigenvalue weighted by Gasteiger charge is 2.35. The molecule has 1 saturated heterocycles. The van der Waals surface area contributed by atoms with E-state index in [0.717, 1.165) is 5.69 Å². The molecule has 0 aliphatic carbocycles. The van der Waals surface area contributed by atoms with E-state index in [9.17, 15) is 14.4 Å². The summed E-state index contributed by atoms with van der Waals surface area (Å²) in [6.07, 6.45) is 0.181. The molecule has 2 aromatic rings. The summed E-state index contributed by atoms with van der Waals surface area (Å²) < 4.78 is 5.19. The number of hydrogen-bond acceptors (Lipinski definition) is 4. The van der Waals surface area contributed by atoms with Gasteiger partial charge < -0.3 is 15.0 Å². The Morgan fingerprint density at radius 2 is 1.79 bits per heavy atom. The fraction of sp³-hybridized carbons (Fsp3) is 0.318. The Labute approximate surface area is 164 Å². The zero-order chi connectivity index (χ0) is 20.1. The monoisotopic (exact) mass is 380 g/mol. The van der Waals surface area contributed by atoms with E-state index in [1.165, 1.54) is 0 Å². The van der Waals surface area contributed by atoms with Crippen LogP contribution in [0.5, 0.6) is 0 Å². The number of hydrogen-bond donors (Lipinski definition) is 1. The number of ether oxygens (including phenoxy) is 1. The van der Waals surface area contributed by atoms with Crippen molar-refractivity contribution in [3.8, 4) is 0 Å². The molecule has 0 spiro atoms. The van der Waals surface area contributed by atoms with Gasteiger partial charge in [0.2, 0.25) is 11.8 Å². The number of nitrogens with one attached hydrogen (secondary N) is 1. The first kappa shape index (κ1) is 19.6. The Bertz CT molecular complexity index is 847. The van der Waals surface area contributed by atoms with Crippen molar-refractivity contribution in [1.29, 1.82) is 0 Å². The number of para-hydroxylation sites is 1. The molecular formula is C22H24N2O4. The number of nitrogens with zero attached hydrogens (tertiary/aromatic N) is 1. The van der Waals surface area contributed by atoms with Gasteiger partial charge in [0.15, 0.2) is 0 Å². The largest absolute Gasteiger partial charge is 0.462 e. The van der Waals surface area contributed by atoms with Gasteiger partial charge in [0.05, 0.1) is 18.1 Å². The summed E-state index contributed by atoms with van der Waals surface area (Å²) in [4.78, 5) is 38.4. The van der Waals surface area contributed by atoms with Crippen molar-refractivity contribution in [2.24, 2.45) is 11.8 Å². The molecule has 1 heterocycles. The molecule has 0 saturated carbocycles. The quantitative estimate of drug-likeness (QED) is 0.779. The van der Waals surface area contributed by atoms with Gasteiger partial charge in [-0.3, -0.25) is 9.59 Å². The fourth-order valence-electron chi connectivity index (χ4n) is 3.00. The van der Waals surface area contributed by atoms with Crippen LogP contribution >= 0.6 is 0 Å². The number of benzene rings is 2. The lowest BCUT2D eigenvalue weighted by molar-refractivity contribution is -0.122. The average Bonchev–Trinajstić information content (AvgIpc) is 3.09. The summed E-state index contributed by atoms with van der Waals surface area (Å²) in [6, 6.07) is 15.9. The number of carbonyl (C=O) groups excluding carboxylic acids is 3. The SMILES string of the molecule is CC(C)COC(=O)c1ccc(NC(=O)[C@@H]2CC(=O)N(c3ccccc3)C2)cc1. The summed E-state index contributed by atoms with van der Waals surface area (Å²) in [7, 11) is 0. The van der Waals surface area contributed by atoms with Crippen molar-refractivity contribution in [1.82, 2.24) is 0 Å². The third-order valence-electron chi connectivity index (χ3n) is 4.50. The molecular weight excluding hydrogens is 356 g/mol. The second-order valence-corrected chi connectivity index (χ2v) is 7.30. The Hall–Kier alpha value is -3.15. The highest BCUT2D eigenvalue weighted by molar-refractivity contribution is 6.03. The minimum Gasteiger partial charge on any atom is -0.462 e. The van der Waals surface area contributed by atoms with Crippen molar-refractivity contribution in [3.63, 3.8) is 0 Å². The number of amides is 2. The predicted molar refractivity (Wildman–Crippen MR) is 107 cm³/mol. The Balaban J connectivity index is 1.58. The standard InChI is InChI=1S/C22H24N2O4/c1-15(2)14-28-22(27)16-8-10-18(11-9-16)23-21(26)17-12-20(25)24(13-17)19-6-4-3-5-7-19/h3-11,15,17H,12-14H2,1-2H3,(H,23,26)/t17-/m1/s1. The van der Waals surface area contributed by atoms with Crippen LogP contribution in [0.25, 0.3) is 0 Å². The van der Waals surface area contributed by atoms with Crippen molar-refractivity contribution in [3.05, 3.63) is 60.2 Å². The lowest BCUT2D eigenvalue weighted by Crippen LogP contribution is -2.28. The van der Waals surface area contributed by atoms with Gasteiger partial charge in [-0.15, -0.1) is 0 Å². The van der Waals surface area contributed by atoms with Crippen molar-refractivity contribution in [2.75, 3.05) is 23.4 Å². The molecule has 6 heteroatoms. The number of rotatable bonds is 6. The first-order valence-corrected chi connectivity index (χ1v) is 9.37. The van der Waals surface area contributed by atoms with Gasteiger partial charge in [-0.25, -0.2) is 4.79 Å². The molecule has 0 unspecified atom stereocenters. The van der Waals surface area contributed by atoms with Crippen LogP contribution in [-0.2, 0) is 14.3 Å². The average molecular weight is 380 g/mol. The van der Waals surface area contributed by atoms with Crippen LogP contribution in [0.3, 0.4) is 0 Å². The molecule has 1 aliphatic heterocycles. The van der Waals surface area contributed by atoms with E-state index >= 15 is 0 Å². The third-order valence-corrected chi connectivity index (χ3v) is 4.50. The van der Waals surface area contributed by atoms with E-state index in [4.69, 9.17) is 4.74 Å². The van der Waals surface area contributed by atoms with Gasteiger partial charge in [0.1, 0.15) is 0 Å². The minimum atomic E-state index is -0.414. The molecule has 1 N–H and O–H groups in total. The molecule has 0 radical (unpaired) electrons. The zero-order valence-corrected chi connectivity index (χ0v) is 16.1. The van der Waals surface area contributed by atoms with Crippen molar-refractivity contribution < 1.29 is 19.1 Å².